The Morgan fingerprint density at radius 1 is 1.13 bits per heavy atom. The van der Waals surface area contributed by atoms with Gasteiger partial charge in [-0.3, -0.25) is 0 Å². The van der Waals surface area contributed by atoms with Gasteiger partial charge in [0.2, 0.25) is 0 Å². The van der Waals surface area contributed by atoms with Crippen LogP contribution in [0.2, 0.25) is 0 Å². The average molecular weight is 307 g/mol. The van der Waals surface area contributed by atoms with E-state index in [1.807, 2.05) is 18.2 Å². The number of hydrogen-bond donors (Lipinski definition) is 0. The van der Waals surface area contributed by atoms with Crippen LogP contribution >= 0.6 is 0 Å². The van der Waals surface area contributed by atoms with Gasteiger partial charge < -0.3 is 9.47 Å². The maximum absolute atomic E-state index is 11.8. The van der Waals surface area contributed by atoms with Gasteiger partial charge in [-0.05, 0) is 48.6 Å². The van der Waals surface area contributed by atoms with E-state index < -0.39 is 5.97 Å². The molecule has 1 aliphatic carbocycles. The number of fused-ring (bicyclic) bond motifs is 1. The van der Waals surface area contributed by atoms with Gasteiger partial charge >= 0.3 is 5.97 Å². The quantitative estimate of drug-likeness (QED) is 0.796. The topological polar surface area (TPSA) is 59.3 Å². The first-order valence-corrected chi connectivity index (χ1v) is 7.64. The monoisotopic (exact) mass is 307 g/mol. The number of carbonyl (C=O) groups excluding carboxylic acids is 1. The Hall–Kier alpha value is -2.80. The highest BCUT2D eigenvalue weighted by Gasteiger charge is 2.12. The van der Waals surface area contributed by atoms with E-state index >= 15 is 0 Å². The molecule has 0 aliphatic heterocycles. The van der Waals surface area contributed by atoms with Crippen molar-refractivity contribution in [2.45, 2.75) is 25.9 Å². The van der Waals surface area contributed by atoms with Crippen LogP contribution in [0.25, 0.3) is 0 Å². The highest BCUT2D eigenvalue weighted by atomic mass is 16.6. The van der Waals surface area contributed by atoms with E-state index in [-0.39, 0.29) is 13.2 Å². The summed E-state index contributed by atoms with van der Waals surface area (Å²) < 4.78 is 10.7. The van der Waals surface area contributed by atoms with Crippen LogP contribution in [0.5, 0.6) is 5.75 Å². The van der Waals surface area contributed by atoms with Crippen molar-refractivity contribution in [1.82, 2.24) is 0 Å². The lowest BCUT2D eigenvalue weighted by Gasteiger charge is -2.09. The molecule has 0 spiro atoms. The second-order valence-electron chi connectivity index (χ2n) is 5.50. The molecule has 0 amide bonds. The van der Waals surface area contributed by atoms with Gasteiger partial charge in [0.1, 0.15) is 12.4 Å². The van der Waals surface area contributed by atoms with Crippen LogP contribution in [0.3, 0.4) is 0 Å². The van der Waals surface area contributed by atoms with Crippen molar-refractivity contribution in [3.63, 3.8) is 0 Å². The Bertz CT molecular complexity index is 761. The SMILES string of the molecule is N#Cc1ccccc1COC(=O)COc1ccc2c(c1)CCC2. The van der Waals surface area contributed by atoms with E-state index in [1.54, 1.807) is 18.2 Å². The van der Waals surface area contributed by atoms with Gasteiger partial charge in [-0.25, -0.2) is 4.79 Å². The van der Waals surface area contributed by atoms with E-state index in [1.165, 1.54) is 17.5 Å². The third-order valence-corrected chi connectivity index (χ3v) is 3.95. The third-order valence-electron chi connectivity index (χ3n) is 3.95. The van der Waals surface area contributed by atoms with Crippen LogP contribution in [0.4, 0.5) is 0 Å². The van der Waals surface area contributed by atoms with Crippen LogP contribution in [0, 0.1) is 11.3 Å². The van der Waals surface area contributed by atoms with Crippen molar-refractivity contribution < 1.29 is 14.3 Å². The van der Waals surface area contributed by atoms with E-state index in [2.05, 4.69) is 12.1 Å². The lowest BCUT2D eigenvalue weighted by atomic mass is 10.1. The molecule has 1 aliphatic rings. The Balaban J connectivity index is 1.51. The molecule has 0 heterocycles. The molecule has 116 valence electrons. The number of nitriles is 1. The summed E-state index contributed by atoms with van der Waals surface area (Å²) in [5.74, 6) is 0.248. The number of aryl methyl sites for hydroxylation is 2. The molecule has 0 atom stereocenters. The summed E-state index contributed by atoms with van der Waals surface area (Å²) in [6.07, 6.45) is 3.37. The molecule has 0 unspecified atom stereocenters. The molecule has 0 bridgehead atoms. The summed E-state index contributed by atoms with van der Waals surface area (Å²) in [5.41, 5.74) is 3.88. The molecule has 0 aromatic heterocycles. The number of hydrogen-bond acceptors (Lipinski definition) is 4. The summed E-state index contributed by atoms with van der Waals surface area (Å²) >= 11 is 0. The third kappa shape index (κ3) is 3.70. The zero-order chi connectivity index (χ0) is 16.1. The molecule has 0 N–H and O–H groups in total. The van der Waals surface area contributed by atoms with Crippen LogP contribution in [0.1, 0.15) is 28.7 Å². The lowest BCUT2D eigenvalue weighted by Crippen LogP contribution is -2.15. The van der Waals surface area contributed by atoms with Crippen molar-refractivity contribution in [2.24, 2.45) is 0 Å². The first kappa shape index (κ1) is 15.1. The van der Waals surface area contributed by atoms with Crippen LogP contribution in [0.15, 0.2) is 42.5 Å². The normalized spacial score (nSPS) is 12.3. The Kier molecular flexibility index (Phi) is 4.58. The first-order valence-electron chi connectivity index (χ1n) is 7.64. The van der Waals surface area contributed by atoms with Crippen molar-refractivity contribution in [1.29, 1.82) is 5.26 Å². The van der Waals surface area contributed by atoms with Crippen molar-refractivity contribution in [3.8, 4) is 11.8 Å². The summed E-state index contributed by atoms with van der Waals surface area (Å²) in [6.45, 7) is -0.0520. The number of nitrogens with zero attached hydrogens (tertiary/aromatic N) is 1. The maximum atomic E-state index is 11.8. The fourth-order valence-corrected chi connectivity index (χ4v) is 2.74. The van der Waals surface area contributed by atoms with Crippen molar-refractivity contribution in [3.05, 3.63) is 64.7 Å². The minimum Gasteiger partial charge on any atom is -0.482 e. The van der Waals surface area contributed by atoms with E-state index in [9.17, 15) is 4.79 Å². The van der Waals surface area contributed by atoms with Gasteiger partial charge in [0, 0.05) is 5.56 Å². The second-order valence-corrected chi connectivity index (χ2v) is 5.50. The molecule has 0 saturated carbocycles. The number of carbonyl (C=O) groups is 1. The molecule has 0 fully saturated rings. The van der Waals surface area contributed by atoms with Gasteiger partial charge in [-0.2, -0.15) is 5.26 Å². The van der Waals surface area contributed by atoms with Gasteiger partial charge in [0.05, 0.1) is 11.6 Å². The molecule has 2 aromatic rings. The van der Waals surface area contributed by atoms with Crippen LogP contribution in [-0.2, 0) is 29.0 Å². The molecule has 4 nitrogen and oxygen atoms in total. The van der Waals surface area contributed by atoms with Crippen LogP contribution in [-0.4, -0.2) is 12.6 Å². The van der Waals surface area contributed by atoms with E-state index in [0.29, 0.717) is 16.9 Å². The molecule has 3 rings (SSSR count). The largest absolute Gasteiger partial charge is 0.482 e. The van der Waals surface area contributed by atoms with E-state index in [4.69, 9.17) is 14.7 Å². The van der Waals surface area contributed by atoms with Crippen LogP contribution < -0.4 is 4.74 Å². The summed E-state index contributed by atoms with van der Waals surface area (Å²) in [4.78, 5) is 11.8. The Morgan fingerprint density at radius 3 is 2.83 bits per heavy atom. The predicted molar refractivity (Wildman–Crippen MR) is 84.9 cm³/mol. The van der Waals surface area contributed by atoms with E-state index in [0.717, 1.165) is 12.8 Å². The number of rotatable bonds is 5. The average Bonchev–Trinajstić information content (AvgIpc) is 3.06. The molecular formula is C19H17NO3. The van der Waals surface area contributed by atoms with Gasteiger partial charge in [0.15, 0.2) is 6.61 Å². The minimum atomic E-state index is -0.446. The Morgan fingerprint density at radius 2 is 1.96 bits per heavy atom. The molecule has 0 radical (unpaired) electrons. The smallest absolute Gasteiger partial charge is 0.344 e. The predicted octanol–water partition coefficient (Wildman–Crippen LogP) is 3.17. The first-order chi connectivity index (χ1) is 11.3. The zero-order valence-corrected chi connectivity index (χ0v) is 12.7. The van der Waals surface area contributed by atoms with Gasteiger partial charge in [0.25, 0.3) is 0 Å². The van der Waals surface area contributed by atoms with Crippen molar-refractivity contribution in [2.75, 3.05) is 6.61 Å². The Labute approximate surface area is 135 Å². The highest BCUT2D eigenvalue weighted by Crippen LogP contribution is 2.26. The molecular weight excluding hydrogens is 290 g/mol. The summed E-state index contributed by atoms with van der Waals surface area (Å²) in [5, 5.41) is 9.00. The standard InChI is InChI=1S/C19H17NO3/c20-11-16-4-1-2-5-17(16)12-23-19(21)13-22-18-9-8-14-6-3-7-15(14)10-18/h1-2,4-5,8-10H,3,6-7,12-13H2. The number of esters is 1. The minimum absolute atomic E-state index is 0.0795. The maximum Gasteiger partial charge on any atom is 0.344 e. The summed E-state index contributed by atoms with van der Waals surface area (Å²) in [6, 6.07) is 15.1. The number of benzene rings is 2. The lowest BCUT2D eigenvalue weighted by molar-refractivity contribution is -0.147. The van der Waals surface area contributed by atoms with Gasteiger partial charge in [-0.15, -0.1) is 0 Å². The van der Waals surface area contributed by atoms with Gasteiger partial charge in [-0.1, -0.05) is 24.3 Å². The molecule has 4 heteroatoms. The molecule has 23 heavy (non-hydrogen) atoms. The molecule has 2 aromatic carbocycles. The fourth-order valence-electron chi connectivity index (χ4n) is 2.74. The fraction of sp³-hybridized carbons (Fsp3) is 0.263. The van der Waals surface area contributed by atoms with Crippen molar-refractivity contribution >= 4 is 5.97 Å². The number of ether oxygens (including phenoxy) is 2. The molecule has 0 saturated heterocycles. The second kappa shape index (κ2) is 6.97. The summed E-state index contributed by atoms with van der Waals surface area (Å²) in [7, 11) is 0. The highest BCUT2D eigenvalue weighted by molar-refractivity contribution is 5.71. The zero-order valence-electron chi connectivity index (χ0n) is 12.7.